The molecular formula is C12H15ClN4O. The van der Waals surface area contributed by atoms with Crippen LogP contribution in [0.1, 0.15) is 19.3 Å². The maximum atomic E-state index is 11.9. The molecule has 1 aliphatic heterocycles. The Balaban J connectivity index is 1.60. The van der Waals surface area contributed by atoms with Crippen LogP contribution in [0.25, 0.3) is 0 Å². The largest absolute Gasteiger partial charge is 0.353 e. The minimum atomic E-state index is 0.0601. The molecule has 96 valence electrons. The highest BCUT2D eigenvalue weighted by Gasteiger charge is 2.32. The second kappa shape index (κ2) is 4.72. The fourth-order valence-electron chi connectivity index (χ4n) is 2.17. The van der Waals surface area contributed by atoms with Crippen molar-refractivity contribution >= 4 is 23.5 Å². The highest BCUT2D eigenvalue weighted by atomic mass is 35.5. The Hall–Kier alpha value is -1.36. The average molecular weight is 267 g/mol. The quantitative estimate of drug-likeness (QED) is 0.894. The molecule has 1 aromatic rings. The standard InChI is InChI=1S/C12H15ClN4O/c13-9-5-14-12(15-6-9)17-4-3-8(7-17)11(18)16-10-1-2-10/h5-6,8,10H,1-4,7H2,(H,16,18). The van der Waals surface area contributed by atoms with E-state index in [9.17, 15) is 4.79 Å². The number of aromatic nitrogens is 2. The summed E-state index contributed by atoms with van der Waals surface area (Å²) in [5, 5.41) is 3.58. The molecule has 1 unspecified atom stereocenters. The van der Waals surface area contributed by atoms with Crippen LogP contribution in [0.15, 0.2) is 12.4 Å². The third-order valence-corrected chi connectivity index (χ3v) is 3.57. The second-order valence-corrected chi connectivity index (χ2v) is 5.35. The zero-order valence-electron chi connectivity index (χ0n) is 9.97. The monoisotopic (exact) mass is 266 g/mol. The van der Waals surface area contributed by atoms with Gasteiger partial charge in [0.15, 0.2) is 0 Å². The van der Waals surface area contributed by atoms with Gasteiger partial charge in [-0.2, -0.15) is 0 Å². The minimum Gasteiger partial charge on any atom is -0.353 e. The summed E-state index contributed by atoms with van der Waals surface area (Å²) in [7, 11) is 0. The van der Waals surface area contributed by atoms with Gasteiger partial charge in [0.2, 0.25) is 11.9 Å². The molecule has 1 aromatic heterocycles. The third kappa shape index (κ3) is 2.56. The van der Waals surface area contributed by atoms with E-state index in [0.717, 1.165) is 25.8 Å². The normalized spacial score (nSPS) is 23.2. The first-order valence-corrected chi connectivity index (χ1v) is 6.63. The second-order valence-electron chi connectivity index (χ2n) is 4.92. The van der Waals surface area contributed by atoms with Gasteiger partial charge in [0.05, 0.1) is 23.3 Å². The Morgan fingerprint density at radius 2 is 2.06 bits per heavy atom. The minimum absolute atomic E-state index is 0.0601. The smallest absolute Gasteiger partial charge is 0.225 e. The molecule has 0 spiro atoms. The molecule has 2 heterocycles. The first-order valence-electron chi connectivity index (χ1n) is 6.25. The SMILES string of the molecule is O=C(NC1CC1)C1CCN(c2ncc(Cl)cn2)C1. The van der Waals surface area contributed by atoms with E-state index in [-0.39, 0.29) is 11.8 Å². The summed E-state index contributed by atoms with van der Waals surface area (Å²) < 4.78 is 0. The van der Waals surface area contributed by atoms with Crippen molar-refractivity contribution in [3.05, 3.63) is 17.4 Å². The molecule has 0 aromatic carbocycles. The predicted molar refractivity (Wildman–Crippen MR) is 68.5 cm³/mol. The van der Waals surface area contributed by atoms with Crippen LogP contribution in [0.3, 0.4) is 0 Å². The van der Waals surface area contributed by atoms with Crippen LogP contribution in [-0.2, 0) is 4.79 Å². The van der Waals surface area contributed by atoms with E-state index in [1.807, 2.05) is 4.90 Å². The number of amides is 1. The van der Waals surface area contributed by atoms with Gasteiger partial charge in [0.1, 0.15) is 0 Å². The maximum absolute atomic E-state index is 11.9. The molecule has 2 fully saturated rings. The number of nitrogens with one attached hydrogen (secondary N) is 1. The fraction of sp³-hybridized carbons (Fsp3) is 0.583. The van der Waals surface area contributed by atoms with Crippen LogP contribution >= 0.6 is 11.6 Å². The number of carbonyl (C=O) groups excluding carboxylic acids is 1. The number of nitrogens with zero attached hydrogens (tertiary/aromatic N) is 3. The van der Waals surface area contributed by atoms with E-state index in [1.165, 1.54) is 0 Å². The van der Waals surface area contributed by atoms with Gasteiger partial charge in [0, 0.05) is 19.1 Å². The van der Waals surface area contributed by atoms with Crippen LogP contribution in [0.2, 0.25) is 5.02 Å². The number of rotatable bonds is 3. The Morgan fingerprint density at radius 1 is 1.33 bits per heavy atom. The van der Waals surface area contributed by atoms with Crippen molar-refractivity contribution < 1.29 is 4.79 Å². The van der Waals surface area contributed by atoms with E-state index in [0.29, 0.717) is 23.6 Å². The zero-order valence-corrected chi connectivity index (χ0v) is 10.7. The van der Waals surface area contributed by atoms with E-state index >= 15 is 0 Å². The average Bonchev–Trinajstić information content (AvgIpc) is 3.04. The lowest BCUT2D eigenvalue weighted by Crippen LogP contribution is -2.34. The van der Waals surface area contributed by atoms with Crippen molar-refractivity contribution in [2.45, 2.75) is 25.3 Å². The van der Waals surface area contributed by atoms with Crippen molar-refractivity contribution in [2.24, 2.45) is 5.92 Å². The molecule has 1 saturated carbocycles. The summed E-state index contributed by atoms with van der Waals surface area (Å²) in [6.07, 6.45) is 6.29. The van der Waals surface area contributed by atoms with Crippen LogP contribution in [0.4, 0.5) is 5.95 Å². The van der Waals surface area contributed by atoms with Gasteiger partial charge >= 0.3 is 0 Å². The van der Waals surface area contributed by atoms with Crippen LogP contribution in [0, 0.1) is 5.92 Å². The third-order valence-electron chi connectivity index (χ3n) is 3.37. The van der Waals surface area contributed by atoms with Gasteiger partial charge in [-0.25, -0.2) is 9.97 Å². The molecule has 0 radical (unpaired) electrons. The summed E-state index contributed by atoms with van der Waals surface area (Å²) in [5.74, 6) is 0.889. The summed E-state index contributed by atoms with van der Waals surface area (Å²) in [4.78, 5) is 22.3. The molecule has 1 saturated heterocycles. The molecule has 2 aliphatic rings. The summed E-state index contributed by atoms with van der Waals surface area (Å²) >= 11 is 5.75. The Bertz CT molecular complexity index is 446. The molecule has 18 heavy (non-hydrogen) atoms. The van der Waals surface area contributed by atoms with Crippen LogP contribution in [-0.4, -0.2) is 35.0 Å². The van der Waals surface area contributed by atoms with E-state index in [2.05, 4.69) is 15.3 Å². The molecule has 5 nitrogen and oxygen atoms in total. The summed E-state index contributed by atoms with van der Waals surface area (Å²) in [6, 6.07) is 0.429. The molecule has 1 N–H and O–H groups in total. The fourth-order valence-corrected chi connectivity index (χ4v) is 2.27. The lowest BCUT2D eigenvalue weighted by molar-refractivity contribution is -0.124. The van der Waals surface area contributed by atoms with E-state index in [4.69, 9.17) is 11.6 Å². The van der Waals surface area contributed by atoms with Crippen molar-refractivity contribution in [1.29, 1.82) is 0 Å². The number of hydrogen-bond donors (Lipinski definition) is 1. The Labute approximate surface area is 111 Å². The Kier molecular flexibility index (Phi) is 3.07. The van der Waals surface area contributed by atoms with Gasteiger partial charge in [-0.05, 0) is 19.3 Å². The number of halogens is 1. The molecule has 3 rings (SSSR count). The highest BCUT2D eigenvalue weighted by molar-refractivity contribution is 6.30. The number of carbonyl (C=O) groups is 1. The molecule has 0 bridgehead atoms. The van der Waals surface area contributed by atoms with Crippen molar-refractivity contribution in [2.75, 3.05) is 18.0 Å². The van der Waals surface area contributed by atoms with Crippen molar-refractivity contribution in [1.82, 2.24) is 15.3 Å². The van der Waals surface area contributed by atoms with Gasteiger partial charge in [-0.15, -0.1) is 0 Å². The first kappa shape index (κ1) is 11.7. The van der Waals surface area contributed by atoms with E-state index in [1.54, 1.807) is 12.4 Å². The molecule has 1 aliphatic carbocycles. The summed E-state index contributed by atoms with van der Waals surface area (Å²) in [6.45, 7) is 1.52. The van der Waals surface area contributed by atoms with Gasteiger partial charge in [0.25, 0.3) is 0 Å². The molecule has 1 atom stereocenters. The maximum Gasteiger partial charge on any atom is 0.225 e. The molecular weight excluding hydrogens is 252 g/mol. The van der Waals surface area contributed by atoms with Gasteiger partial charge in [-0.3, -0.25) is 4.79 Å². The van der Waals surface area contributed by atoms with Gasteiger partial charge in [-0.1, -0.05) is 11.6 Å². The van der Waals surface area contributed by atoms with Crippen molar-refractivity contribution in [3.63, 3.8) is 0 Å². The molecule has 1 amide bonds. The van der Waals surface area contributed by atoms with Crippen molar-refractivity contribution in [3.8, 4) is 0 Å². The van der Waals surface area contributed by atoms with Crippen LogP contribution in [0.5, 0.6) is 0 Å². The number of anilines is 1. The zero-order chi connectivity index (χ0) is 12.5. The lowest BCUT2D eigenvalue weighted by Gasteiger charge is -2.15. The van der Waals surface area contributed by atoms with Crippen LogP contribution < -0.4 is 10.2 Å². The summed E-state index contributed by atoms with van der Waals surface area (Å²) in [5.41, 5.74) is 0. The van der Waals surface area contributed by atoms with Gasteiger partial charge < -0.3 is 10.2 Å². The first-order chi connectivity index (χ1) is 8.72. The van der Waals surface area contributed by atoms with E-state index < -0.39 is 0 Å². The number of hydrogen-bond acceptors (Lipinski definition) is 4. The molecule has 6 heteroatoms. The predicted octanol–water partition coefficient (Wildman–Crippen LogP) is 1.23. The lowest BCUT2D eigenvalue weighted by atomic mass is 10.1. The topological polar surface area (TPSA) is 58.1 Å². The Morgan fingerprint density at radius 3 is 2.72 bits per heavy atom. The highest BCUT2D eigenvalue weighted by Crippen LogP contribution is 2.24.